The maximum absolute atomic E-state index is 12.1. The molecule has 0 aromatic heterocycles. The Bertz CT molecular complexity index is 330. The van der Waals surface area contributed by atoms with E-state index in [9.17, 15) is 4.79 Å². The molecule has 1 aliphatic heterocycles. The number of hydrogen-bond donors (Lipinski definition) is 0. The van der Waals surface area contributed by atoms with Gasteiger partial charge in [-0.15, -0.1) is 0 Å². The molecule has 3 heteroatoms. The van der Waals surface area contributed by atoms with Crippen LogP contribution in [0.1, 0.15) is 47.0 Å². The molecule has 2 aliphatic rings. The molecule has 0 N–H and O–H groups in total. The zero-order valence-corrected chi connectivity index (χ0v) is 13.8. The minimum absolute atomic E-state index is 0.287. The fourth-order valence-electron chi connectivity index (χ4n) is 3.70. The van der Waals surface area contributed by atoms with Crippen LogP contribution in [-0.4, -0.2) is 54.9 Å². The van der Waals surface area contributed by atoms with Crippen LogP contribution in [0.15, 0.2) is 0 Å². The van der Waals surface area contributed by atoms with Gasteiger partial charge in [-0.2, -0.15) is 0 Å². The lowest BCUT2D eigenvalue weighted by Crippen LogP contribution is -2.50. The summed E-state index contributed by atoms with van der Waals surface area (Å²) >= 11 is 0. The van der Waals surface area contributed by atoms with Crippen LogP contribution < -0.4 is 0 Å². The molecule has 0 radical (unpaired) electrons. The average molecular weight is 280 g/mol. The third-order valence-electron chi connectivity index (χ3n) is 4.87. The molecule has 1 saturated heterocycles. The zero-order valence-electron chi connectivity index (χ0n) is 13.8. The van der Waals surface area contributed by atoms with Gasteiger partial charge < -0.3 is 9.80 Å². The molecular weight excluding hydrogens is 248 g/mol. The van der Waals surface area contributed by atoms with Gasteiger partial charge in [0.2, 0.25) is 0 Å². The first kappa shape index (κ1) is 16.0. The minimum atomic E-state index is 0.287. The van der Waals surface area contributed by atoms with E-state index in [4.69, 9.17) is 0 Å². The van der Waals surface area contributed by atoms with E-state index in [1.165, 1.54) is 19.6 Å². The van der Waals surface area contributed by atoms with Gasteiger partial charge in [-0.3, -0.25) is 4.79 Å². The highest BCUT2D eigenvalue weighted by Crippen LogP contribution is 2.37. The van der Waals surface area contributed by atoms with Gasteiger partial charge in [0.1, 0.15) is 5.78 Å². The van der Waals surface area contributed by atoms with Crippen LogP contribution in [0.3, 0.4) is 0 Å². The van der Waals surface area contributed by atoms with Crippen molar-refractivity contribution in [2.45, 2.75) is 47.0 Å². The summed E-state index contributed by atoms with van der Waals surface area (Å²) in [7, 11) is 0. The van der Waals surface area contributed by atoms with Crippen molar-refractivity contribution in [3.63, 3.8) is 0 Å². The lowest BCUT2D eigenvalue weighted by molar-refractivity contribution is -0.128. The fourth-order valence-corrected chi connectivity index (χ4v) is 3.70. The first-order valence-electron chi connectivity index (χ1n) is 8.33. The van der Waals surface area contributed by atoms with Crippen LogP contribution in [0.2, 0.25) is 0 Å². The molecule has 3 nitrogen and oxygen atoms in total. The molecular formula is C17H32N2O. The number of ketones is 1. The van der Waals surface area contributed by atoms with Gasteiger partial charge in [-0.05, 0) is 24.2 Å². The van der Waals surface area contributed by atoms with Gasteiger partial charge in [0, 0.05) is 51.6 Å². The fraction of sp³-hybridized carbons (Fsp3) is 0.941. The molecule has 1 saturated carbocycles. The molecule has 0 aromatic rings. The Labute approximate surface area is 124 Å². The van der Waals surface area contributed by atoms with Gasteiger partial charge in [-0.1, -0.05) is 27.7 Å². The summed E-state index contributed by atoms with van der Waals surface area (Å²) in [5.74, 6) is 1.55. The van der Waals surface area contributed by atoms with Gasteiger partial charge in [0.05, 0.1) is 0 Å². The molecule has 20 heavy (non-hydrogen) atoms. The molecule has 2 rings (SSSR count). The molecule has 2 fully saturated rings. The number of carbonyl (C=O) groups excluding carboxylic acids is 1. The predicted octanol–water partition coefficient (Wildman–Crippen LogP) is 2.66. The van der Waals surface area contributed by atoms with Crippen molar-refractivity contribution in [1.29, 1.82) is 0 Å². The van der Waals surface area contributed by atoms with E-state index in [0.29, 0.717) is 11.2 Å². The van der Waals surface area contributed by atoms with Crippen LogP contribution in [0.25, 0.3) is 0 Å². The van der Waals surface area contributed by atoms with Gasteiger partial charge in [-0.25, -0.2) is 0 Å². The van der Waals surface area contributed by atoms with E-state index in [-0.39, 0.29) is 5.92 Å². The summed E-state index contributed by atoms with van der Waals surface area (Å²) in [5.41, 5.74) is 0.359. The summed E-state index contributed by atoms with van der Waals surface area (Å²) in [5, 5.41) is 0. The second kappa shape index (κ2) is 6.57. The van der Waals surface area contributed by atoms with Crippen molar-refractivity contribution in [2.24, 2.45) is 17.3 Å². The Morgan fingerprint density at radius 2 is 1.75 bits per heavy atom. The number of nitrogens with zero attached hydrogens (tertiary/aromatic N) is 2. The first-order valence-corrected chi connectivity index (χ1v) is 8.33. The number of carbonyl (C=O) groups is 1. The molecule has 0 aromatic carbocycles. The predicted molar refractivity (Wildman–Crippen MR) is 83.8 cm³/mol. The van der Waals surface area contributed by atoms with E-state index in [2.05, 4.69) is 37.5 Å². The SMILES string of the molecule is CC(C)CN1CCN(CC2CC(C)(C)CCC2=O)CC1. The maximum atomic E-state index is 12.1. The molecule has 0 bridgehead atoms. The molecule has 116 valence electrons. The minimum Gasteiger partial charge on any atom is -0.301 e. The third-order valence-corrected chi connectivity index (χ3v) is 4.87. The highest BCUT2D eigenvalue weighted by molar-refractivity contribution is 5.82. The molecule has 0 spiro atoms. The number of Topliss-reactive ketones (excluding diaryl/α,β-unsaturated/α-hetero) is 1. The Kier molecular flexibility index (Phi) is 5.25. The monoisotopic (exact) mass is 280 g/mol. The third kappa shape index (κ3) is 4.56. The summed E-state index contributed by atoms with van der Waals surface area (Å²) in [6, 6.07) is 0. The smallest absolute Gasteiger partial charge is 0.137 e. The van der Waals surface area contributed by atoms with Crippen LogP contribution in [-0.2, 0) is 4.79 Å². The van der Waals surface area contributed by atoms with E-state index >= 15 is 0 Å². The normalized spacial score (nSPS) is 29.1. The maximum Gasteiger partial charge on any atom is 0.137 e. The number of piperazine rings is 1. The highest BCUT2D eigenvalue weighted by Gasteiger charge is 2.34. The van der Waals surface area contributed by atoms with E-state index < -0.39 is 0 Å². The van der Waals surface area contributed by atoms with E-state index in [0.717, 1.165) is 44.8 Å². The van der Waals surface area contributed by atoms with Crippen LogP contribution >= 0.6 is 0 Å². The molecule has 1 atom stereocenters. The van der Waals surface area contributed by atoms with Gasteiger partial charge in [0.15, 0.2) is 0 Å². The van der Waals surface area contributed by atoms with Crippen molar-refractivity contribution >= 4 is 5.78 Å². The average Bonchev–Trinajstić information content (AvgIpc) is 2.35. The first-order chi connectivity index (χ1) is 9.35. The van der Waals surface area contributed by atoms with E-state index in [1.54, 1.807) is 0 Å². The second-order valence-electron chi connectivity index (χ2n) is 8.03. The summed E-state index contributed by atoms with van der Waals surface area (Å²) in [6.07, 6.45) is 2.95. The molecule has 1 aliphatic carbocycles. The Hall–Kier alpha value is -0.410. The van der Waals surface area contributed by atoms with Crippen molar-refractivity contribution in [3.05, 3.63) is 0 Å². The Morgan fingerprint density at radius 1 is 1.15 bits per heavy atom. The summed E-state index contributed by atoms with van der Waals surface area (Å²) in [6.45, 7) is 16.0. The molecule has 1 heterocycles. The Balaban J connectivity index is 1.78. The molecule has 1 unspecified atom stereocenters. The number of rotatable bonds is 4. The van der Waals surface area contributed by atoms with E-state index in [1.807, 2.05) is 0 Å². The highest BCUT2D eigenvalue weighted by atomic mass is 16.1. The van der Waals surface area contributed by atoms with Crippen molar-refractivity contribution < 1.29 is 4.79 Å². The summed E-state index contributed by atoms with van der Waals surface area (Å²) in [4.78, 5) is 17.2. The Morgan fingerprint density at radius 3 is 2.35 bits per heavy atom. The topological polar surface area (TPSA) is 23.6 Å². The van der Waals surface area contributed by atoms with Crippen molar-refractivity contribution in [1.82, 2.24) is 9.80 Å². The van der Waals surface area contributed by atoms with Crippen LogP contribution in [0.4, 0.5) is 0 Å². The molecule has 0 amide bonds. The second-order valence-corrected chi connectivity index (χ2v) is 8.03. The van der Waals surface area contributed by atoms with Crippen molar-refractivity contribution in [3.8, 4) is 0 Å². The van der Waals surface area contributed by atoms with Gasteiger partial charge >= 0.3 is 0 Å². The lowest BCUT2D eigenvalue weighted by atomic mass is 9.71. The van der Waals surface area contributed by atoms with Gasteiger partial charge in [0.25, 0.3) is 0 Å². The lowest BCUT2D eigenvalue weighted by Gasteiger charge is -2.40. The zero-order chi connectivity index (χ0) is 14.8. The summed E-state index contributed by atoms with van der Waals surface area (Å²) < 4.78 is 0. The van der Waals surface area contributed by atoms with Crippen molar-refractivity contribution in [2.75, 3.05) is 39.3 Å². The van der Waals surface area contributed by atoms with Crippen LogP contribution in [0, 0.1) is 17.3 Å². The number of hydrogen-bond acceptors (Lipinski definition) is 3. The largest absolute Gasteiger partial charge is 0.301 e. The quantitative estimate of drug-likeness (QED) is 0.791. The standard InChI is InChI=1S/C17H32N2O/c1-14(2)12-18-7-9-19(10-8-18)13-15-11-17(3,4)6-5-16(15)20/h14-15H,5-13H2,1-4H3. The van der Waals surface area contributed by atoms with Crippen LogP contribution in [0.5, 0.6) is 0 Å².